The van der Waals surface area contributed by atoms with E-state index < -0.39 is 6.04 Å². The summed E-state index contributed by atoms with van der Waals surface area (Å²) >= 11 is 1.68. The zero-order valence-electron chi connectivity index (χ0n) is 17.8. The molecule has 0 aliphatic carbocycles. The lowest BCUT2D eigenvalue weighted by Gasteiger charge is -2.29. The summed E-state index contributed by atoms with van der Waals surface area (Å²) in [6.07, 6.45) is 2.26. The summed E-state index contributed by atoms with van der Waals surface area (Å²) in [5.41, 5.74) is 3.88. The number of nitrogens with one attached hydrogen (secondary N) is 1. The number of benzene rings is 1. The van der Waals surface area contributed by atoms with Crippen LogP contribution in [0.2, 0.25) is 0 Å². The van der Waals surface area contributed by atoms with E-state index in [1.54, 1.807) is 16.2 Å². The molecule has 3 amide bonds. The van der Waals surface area contributed by atoms with Gasteiger partial charge in [-0.15, -0.1) is 11.3 Å². The molecular formula is C23H26N4O4S. The van der Waals surface area contributed by atoms with Crippen LogP contribution in [0.3, 0.4) is 0 Å². The third-order valence-electron chi connectivity index (χ3n) is 6.38. The second kappa shape index (κ2) is 9.09. The first kappa shape index (κ1) is 21.2. The number of carbonyl (C=O) groups excluding carboxylic acids is 3. The molecule has 32 heavy (non-hydrogen) atoms. The summed E-state index contributed by atoms with van der Waals surface area (Å²) in [5.74, 6) is -0.773. The largest absolute Gasteiger partial charge is 0.379 e. The highest BCUT2D eigenvalue weighted by atomic mass is 32.1. The number of morpholine rings is 1. The maximum absolute atomic E-state index is 13.0. The molecule has 0 saturated carbocycles. The van der Waals surface area contributed by atoms with Crippen LogP contribution in [0, 0.1) is 0 Å². The lowest BCUT2D eigenvalue weighted by Crippen LogP contribution is -2.52. The molecule has 1 atom stereocenters. The van der Waals surface area contributed by atoms with Crippen molar-refractivity contribution in [3.63, 3.8) is 0 Å². The molecule has 8 nitrogen and oxygen atoms in total. The number of amides is 3. The van der Waals surface area contributed by atoms with Gasteiger partial charge < -0.3 is 9.64 Å². The molecule has 1 aromatic heterocycles. The highest BCUT2D eigenvalue weighted by Crippen LogP contribution is 2.30. The number of aromatic nitrogens is 1. The third kappa shape index (κ3) is 4.32. The summed E-state index contributed by atoms with van der Waals surface area (Å²) in [5, 5.41) is 5.59. The van der Waals surface area contributed by atoms with Gasteiger partial charge in [0.05, 0.1) is 23.9 Å². The normalized spacial score (nSPS) is 21.7. The number of hydrogen-bond acceptors (Lipinski definition) is 7. The Morgan fingerprint density at radius 3 is 2.81 bits per heavy atom. The highest BCUT2D eigenvalue weighted by molar-refractivity contribution is 7.09. The number of ether oxygens (including phenoxy) is 1. The van der Waals surface area contributed by atoms with E-state index in [0.29, 0.717) is 18.5 Å². The van der Waals surface area contributed by atoms with Crippen LogP contribution in [0.25, 0.3) is 0 Å². The summed E-state index contributed by atoms with van der Waals surface area (Å²) in [7, 11) is 0. The predicted molar refractivity (Wildman–Crippen MR) is 118 cm³/mol. The van der Waals surface area contributed by atoms with Crippen molar-refractivity contribution in [2.45, 2.75) is 44.8 Å². The van der Waals surface area contributed by atoms with Crippen LogP contribution in [0.15, 0.2) is 23.6 Å². The van der Waals surface area contributed by atoms with Gasteiger partial charge in [-0.25, -0.2) is 4.98 Å². The fourth-order valence-corrected chi connectivity index (χ4v) is 5.44. The van der Waals surface area contributed by atoms with Gasteiger partial charge in [0.1, 0.15) is 6.04 Å². The summed E-state index contributed by atoms with van der Waals surface area (Å²) in [4.78, 5) is 45.5. The van der Waals surface area contributed by atoms with E-state index >= 15 is 0 Å². The van der Waals surface area contributed by atoms with Crippen LogP contribution < -0.4 is 5.32 Å². The van der Waals surface area contributed by atoms with E-state index in [-0.39, 0.29) is 24.1 Å². The second-order valence-corrected chi connectivity index (χ2v) is 9.41. The third-order valence-corrected chi connectivity index (χ3v) is 7.33. The Morgan fingerprint density at radius 1 is 1.16 bits per heavy atom. The number of thiazole rings is 1. The lowest BCUT2D eigenvalue weighted by molar-refractivity contribution is -0.136. The monoisotopic (exact) mass is 454 g/mol. The molecule has 5 rings (SSSR count). The average Bonchev–Trinajstić information content (AvgIpc) is 3.38. The number of nitrogens with zero attached hydrogens (tertiary/aromatic N) is 3. The van der Waals surface area contributed by atoms with Crippen molar-refractivity contribution in [2.75, 3.05) is 26.3 Å². The molecule has 168 valence electrons. The molecule has 4 heterocycles. The summed E-state index contributed by atoms with van der Waals surface area (Å²) in [6, 6.07) is 5.22. The van der Waals surface area contributed by atoms with Crippen LogP contribution in [0.5, 0.6) is 0 Å². The standard InChI is InChI=1S/C23H26N4O4S/c28-20-6-5-19(22(29)25-20)27-13-18-15(2-1-3-17(18)23(27)30)4-7-21-24-16(14-32-21)12-26-8-10-31-11-9-26/h1-3,14,19H,4-13H2,(H,25,28,29). The van der Waals surface area contributed by atoms with Gasteiger partial charge in [0, 0.05) is 50.0 Å². The smallest absolute Gasteiger partial charge is 0.255 e. The van der Waals surface area contributed by atoms with E-state index in [1.165, 1.54) is 0 Å². The SMILES string of the molecule is O=C1CCC(N2Cc3c(CCc4nc(CN5CCOCC5)cs4)cccc3C2=O)C(=O)N1. The van der Waals surface area contributed by atoms with Crippen molar-refractivity contribution < 1.29 is 19.1 Å². The quantitative estimate of drug-likeness (QED) is 0.666. The van der Waals surface area contributed by atoms with Crippen molar-refractivity contribution >= 4 is 29.1 Å². The first-order chi connectivity index (χ1) is 15.6. The number of rotatable bonds is 6. The first-order valence-corrected chi connectivity index (χ1v) is 12.0. The van der Waals surface area contributed by atoms with Crippen LogP contribution in [0.4, 0.5) is 0 Å². The van der Waals surface area contributed by atoms with Gasteiger partial charge in [0.15, 0.2) is 0 Å². The minimum absolute atomic E-state index is 0.126. The molecule has 9 heteroatoms. The molecule has 0 spiro atoms. The molecule has 3 aliphatic heterocycles. The number of carbonyl (C=O) groups is 3. The maximum Gasteiger partial charge on any atom is 0.255 e. The zero-order chi connectivity index (χ0) is 22.1. The fraction of sp³-hybridized carbons (Fsp3) is 0.478. The van der Waals surface area contributed by atoms with Gasteiger partial charge >= 0.3 is 0 Å². The number of piperidine rings is 1. The Hall–Kier alpha value is -2.62. The minimum atomic E-state index is -0.581. The van der Waals surface area contributed by atoms with Crippen LogP contribution >= 0.6 is 11.3 Å². The van der Waals surface area contributed by atoms with Crippen LogP contribution in [-0.4, -0.2) is 64.9 Å². The molecule has 1 N–H and O–H groups in total. The maximum atomic E-state index is 13.0. The van der Waals surface area contributed by atoms with Gasteiger partial charge in [-0.05, 0) is 30.0 Å². The number of imide groups is 1. The Morgan fingerprint density at radius 2 is 2.00 bits per heavy atom. The first-order valence-electron chi connectivity index (χ1n) is 11.1. The highest BCUT2D eigenvalue weighted by Gasteiger charge is 2.39. The summed E-state index contributed by atoms with van der Waals surface area (Å²) < 4.78 is 5.41. The van der Waals surface area contributed by atoms with Crippen LogP contribution in [0.1, 0.15) is 45.0 Å². The van der Waals surface area contributed by atoms with Crippen molar-refractivity contribution in [1.29, 1.82) is 0 Å². The van der Waals surface area contributed by atoms with Gasteiger partial charge in [0.2, 0.25) is 11.8 Å². The Bertz CT molecular complexity index is 1050. The van der Waals surface area contributed by atoms with Crippen molar-refractivity contribution in [3.8, 4) is 0 Å². The van der Waals surface area contributed by atoms with Crippen LogP contribution in [-0.2, 0) is 40.3 Å². The lowest BCUT2D eigenvalue weighted by atomic mass is 9.99. The zero-order valence-corrected chi connectivity index (χ0v) is 18.7. The van der Waals surface area contributed by atoms with Gasteiger partial charge in [-0.1, -0.05) is 12.1 Å². The van der Waals surface area contributed by atoms with Crippen molar-refractivity contribution in [2.24, 2.45) is 0 Å². The van der Waals surface area contributed by atoms with E-state index in [9.17, 15) is 14.4 Å². The van der Waals surface area contributed by atoms with Gasteiger partial charge in [-0.2, -0.15) is 0 Å². The van der Waals surface area contributed by atoms with Gasteiger partial charge in [-0.3, -0.25) is 24.6 Å². The molecule has 2 aromatic rings. The van der Waals surface area contributed by atoms with E-state index in [2.05, 4.69) is 21.7 Å². The molecule has 0 radical (unpaired) electrons. The number of hydrogen-bond donors (Lipinski definition) is 1. The Labute approximate surface area is 190 Å². The van der Waals surface area contributed by atoms with E-state index in [1.807, 2.05) is 12.1 Å². The topological polar surface area (TPSA) is 91.8 Å². The molecule has 3 aliphatic rings. The predicted octanol–water partition coefficient (Wildman–Crippen LogP) is 1.52. The second-order valence-electron chi connectivity index (χ2n) is 8.46. The molecule has 1 aromatic carbocycles. The van der Waals surface area contributed by atoms with E-state index in [4.69, 9.17) is 9.72 Å². The number of aryl methyl sites for hydroxylation is 2. The molecule has 1 unspecified atom stereocenters. The minimum Gasteiger partial charge on any atom is -0.379 e. The van der Waals surface area contributed by atoms with Crippen molar-refractivity contribution in [3.05, 3.63) is 51.0 Å². The van der Waals surface area contributed by atoms with Gasteiger partial charge in [0.25, 0.3) is 5.91 Å². The number of fused-ring (bicyclic) bond motifs is 1. The average molecular weight is 455 g/mol. The Kier molecular flexibility index (Phi) is 6.03. The molecule has 0 bridgehead atoms. The molecule has 2 saturated heterocycles. The summed E-state index contributed by atoms with van der Waals surface area (Å²) in [6.45, 7) is 4.73. The van der Waals surface area contributed by atoms with Crippen molar-refractivity contribution in [1.82, 2.24) is 20.1 Å². The fourth-order valence-electron chi connectivity index (χ4n) is 4.65. The molecule has 2 fully saturated rings. The Balaban J connectivity index is 1.24. The van der Waals surface area contributed by atoms with E-state index in [0.717, 1.165) is 67.5 Å². The molecular weight excluding hydrogens is 428 g/mol.